The molecule has 0 atom stereocenters. The second kappa shape index (κ2) is 8.31. The van der Waals surface area contributed by atoms with Gasteiger partial charge in [0.15, 0.2) is 11.5 Å². The van der Waals surface area contributed by atoms with Crippen LogP contribution in [0.25, 0.3) is 11.5 Å². The van der Waals surface area contributed by atoms with Crippen molar-refractivity contribution in [3.63, 3.8) is 0 Å². The summed E-state index contributed by atoms with van der Waals surface area (Å²) < 4.78 is 28.8. The Morgan fingerprint density at radius 2 is 1.81 bits per heavy atom. The van der Waals surface area contributed by atoms with Gasteiger partial charge in [-0.3, -0.25) is 4.79 Å². The van der Waals surface area contributed by atoms with Crippen LogP contribution in [0.2, 0.25) is 0 Å². The first-order valence-electron chi connectivity index (χ1n) is 8.19. The molecule has 0 fully saturated rings. The molecule has 1 N–H and O–H groups in total. The quantitative estimate of drug-likeness (QED) is 0.687. The molecule has 0 unspecified atom stereocenters. The molecule has 0 spiro atoms. The topological polar surface area (TPSA) is 86.5 Å². The number of amides is 1. The van der Waals surface area contributed by atoms with Crippen LogP contribution in [-0.2, 0) is 6.42 Å². The molecule has 8 heteroatoms. The number of carbonyl (C=O) groups excluding carboxylic acids is 1. The number of aromatic nitrogens is 2. The molecule has 7 nitrogen and oxygen atoms in total. The predicted molar refractivity (Wildman–Crippen MR) is 95.3 cm³/mol. The van der Waals surface area contributed by atoms with Crippen LogP contribution in [0, 0.1) is 5.82 Å². The van der Waals surface area contributed by atoms with Crippen LogP contribution >= 0.6 is 0 Å². The molecule has 0 aliphatic heterocycles. The summed E-state index contributed by atoms with van der Waals surface area (Å²) in [6, 6.07) is 11.1. The molecule has 0 saturated carbocycles. The van der Waals surface area contributed by atoms with Crippen molar-refractivity contribution in [3.05, 3.63) is 59.7 Å². The highest BCUT2D eigenvalue weighted by atomic mass is 19.1. The minimum absolute atomic E-state index is 0.151. The molecule has 2 aromatic carbocycles. The van der Waals surface area contributed by atoms with Crippen molar-refractivity contribution in [1.82, 2.24) is 15.5 Å². The summed E-state index contributed by atoms with van der Waals surface area (Å²) >= 11 is 0. The Balaban J connectivity index is 1.58. The normalized spacial score (nSPS) is 10.5. The van der Waals surface area contributed by atoms with Crippen LogP contribution in [0.15, 0.2) is 46.9 Å². The Bertz CT molecular complexity index is 925. The van der Waals surface area contributed by atoms with E-state index in [-0.39, 0.29) is 17.6 Å². The van der Waals surface area contributed by atoms with Gasteiger partial charge in [-0.1, -0.05) is 6.07 Å². The Morgan fingerprint density at radius 3 is 2.52 bits per heavy atom. The highest BCUT2D eigenvalue weighted by Gasteiger charge is 2.15. The van der Waals surface area contributed by atoms with Gasteiger partial charge in [0.1, 0.15) is 5.82 Å². The Labute approximate surface area is 155 Å². The molecule has 140 valence electrons. The molecule has 0 aliphatic carbocycles. The third-order valence-electron chi connectivity index (χ3n) is 3.86. The van der Waals surface area contributed by atoms with E-state index in [1.807, 2.05) is 18.2 Å². The summed E-state index contributed by atoms with van der Waals surface area (Å²) in [4.78, 5) is 12.1. The number of benzene rings is 2. The van der Waals surface area contributed by atoms with Gasteiger partial charge in [-0.2, -0.15) is 0 Å². The molecular formula is C19H18FN3O4. The molecule has 0 saturated heterocycles. The van der Waals surface area contributed by atoms with E-state index in [2.05, 4.69) is 15.5 Å². The Hall–Kier alpha value is -3.42. The Morgan fingerprint density at radius 1 is 1.07 bits per heavy atom. The van der Waals surface area contributed by atoms with Crippen LogP contribution in [0.5, 0.6) is 11.5 Å². The first-order valence-corrected chi connectivity index (χ1v) is 8.19. The Kier molecular flexibility index (Phi) is 5.65. The lowest BCUT2D eigenvalue weighted by Gasteiger charge is -2.09. The van der Waals surface area contributed by atoms with E-state index >= 15 is 0 Å². The zero-order valence-corrected chi connectivity index (χ0v) is 14.9. The van der Waals surface area contributed by atoms with Crippen molar-refractivity contribution in [3.8, 4) is 23.0 Å². The second-order valence-corrected chi connectivity index (χ2v) is 5.61. The summed E-state index contributed by atoms with van der Waals surface area (Å²) in [6.07, 6.45) is 0.588. The van der Waals surface area contributed by atoms with Gasteiger partial charge in [-0.25, -0.2) is 4.39 Å². The van der Waals surface area contributed by atoms with E-state index in [0.717, 1.165) is 5.56 Å². The lowest BCUT2D eigenvalue weighted by atomic mass is 10.1. The lowest BCUT2D eigenvalue weighted by molar-refractivity contribution is 0.0920. The van der Waals surface area contributed by atoms with Crippen molar-refractivity contribution in [2.75, 3.05) is 20.8 Å². The van der Waals surface area contributed by atoms with E-state index in [0.29, 0.717) is 30.0 Å². The minimum atomic E-state index is -0.476. The molecule has 0 bridgehead atoms. The van der Waals surface area contributed by atoms with Crippen LogP contribution in [-0.4, -0.2) is 36.9 Å². The van der Waals surface area contributed by atoms with Gasteiger partial charge in [-0.15, -0.1) is 10.2 Å². The number of methoxy groups -OCH3 is 2. The van der Waals surface area contributed by atoms with Crippen molar-refractivity contribution >= 4 is 5.91 Å². The molecule has 0 radical (unpaired) electrons. The largest absolute Gasteiger partial charge is 0.493 e. The van der Waals surface area contributed by atoms with Gasteiger partial charge in [0, 0.05) is 12.1 Å². The minimum Gasteiger partial charge on any atom is -0.493 e. The smallest absolute Gasteiger partial charge is 0.308 e. The first kappa shape index (κ1) is 18.4. The number of rotatable bonds is 7. The SMILES string of the molecule is COc1ccc(CCNC(=O)c2nnc(-c3ccc(F)cc3)o2)cc1OC. The number of ether oxygens (including phenoxy) is 2. The van der Waals surface area contributed by atoms with Crippen LogP contribution < -0.4 is 14.8 Å². The fraction of sp³-hybridized carbons (Fsp3) is 0.211. The van der Waals surface area contributed by atoms with E-state index in [4.69, 9.17) is 13.9 Å². The highest BCUT2D eigenvalue weighted by Crippen LogP contribution is 2.27. The average molecular weight is 371 g/mol. The number of carbonyl (C=O) groups is 1. The number of nitrogens with zero attached hydrogens (tertiary/aromatic N) is 2. The van der Waals surface area contributed by atoms with E-state index < -0.39 is 5.91 Å². The third kappa shape index (κ3) is 4.41. The number of hydrogen-bond acceptors (Lipinski definition) is 6. The zero-order chi connectivity index (χ0) is 19.2. The maximum absolute atomic E-state index is 13.0. The number of halogens is 1. The maximum Gasteiger partial charge on any atom is 0.308 e. The molecule has 3 aromatic rings. The molecule has 0 aliphatic rings. The second-order valence-electron chi connectivity index (χ2n) is 5.61. The summed E-state index contributed by atoms with van der Waals surface area (Å²) in [6.45, 7) is 0.378. The first-order chi connectivity index (χ1) is 13.1. The van der Waals surface area contributed by atoms with E-state index in [9.17, 15) is 9.18 Å². The summed E-state index contributed by atoms with van der Waals surface area (Å²) in [5.74, 6) is 0.427. The molecule has 1 heterocycles. The molecule has 27 heavy (non-hydrogen) atoms. The lowest BCUT2D eigenvalue weighted by Crippen LogP contribution is -2.26. The van der Waals surface area contributed by atoms with Crippen LogP contribution in [0.4, 0.5) is 4.39 Å². The summed E-state index contributed by atoms with van der Waals surface area (Å²) in [5.41, 5.74) is 1.51. The van der Waals surface area contributed by atoms with Gasteiger partial charge in [0.25, 0.3) is 0 Å². The fourth-order valence-corrected chi connectivity index (χ4v) is 2.46. The van der Waals surface area contributed by atoms with Crippen LogP contribution in [0.3, 0.4) is 0 Å². The van der Waals surface area contributed by atoms with Gasteiger partial charge in [-0.05, 0) is 48.4 Å². The van der Waals surface area contributed by atoms with Gasteiger partial charge >= 0.3 is 11.8 Å². The van der Waals surface area contributed by atoms with Gasteiger partial charge < -0.3 is 19.2 Å². The molecule has 3 rings (SSSR count). The van der Waals surface area contributed by atoms with E-state index in [1.165, 1.54) is 24.3 Å². The standard InChI is InChI=1S/C19H18FN3O4/c1-25-15-8-3-12(11-16(15)26-2)9-10-21-17(24)19-23-22-18(27-19)13-4-6-14(20)7-5-13/h3-8,11H,9-10H2,1-2H3,(H,21,24). The third-order valence-corrected chi connectivity index (χ3v) is 3.86. The van der Waals surface area contributed by atoms with Crippen molar-refractivity contribution in [1.29, 1.82) is 0 Å². The zero-order valence-electron chi connectivity index (χ0n) is 14.9. The number of nitrogens with one attached hydrogen (secondary N) is 1. The molecular weight excluding hydrogens is 353 g/mol. The van der Waals surface area contributed by atoms with Crippen LogP contribution in [0.1, 0.15) is 16.2 Å². The highest BCUT2D eigenvalue weighted by molar-refractivity contribution is 5.89. The van der Waals surface area contributed by atoms with Gasteiger partial charge in [0.05, 0.1) is 14.2 Å². The molecule has 1 amide bonds. The van der Waals surface area contributed by atoms with E-state index in [1.54, 1.807) is 14.2 Å². The summed E-state index contributed by atoms with van der Waals surface area (Å²) in [5, 5.41) is 10.3. The maximum atomic E-state index is 13.0. The average Bonchev–Trinajstić information content (AvgIpc) is 3.18. The number of hydrogen-bond donors (Lipinski definition) is 1. The predicted octanol–water partition coefficient (Wildman–Crippen LogP) is 2.87. The fourth-order valence-electron chi connectivity index (χ4n) is 2.46. The van der Waals surface area contributed by atoms with Gasteiger partial charge in [0.2, 0.25) is 5.89 Å². The molecule has 1 aromatic heterocycles. The van der Waals surface area contributed by atoms with Crippen molar-refractivity contribution in [2.45, 2.75) is 6.42 Å². The monoisotopic (exact) mass is 371 g/mol. The van der Waals surface area contributed by atoms with Crippen molar-refractivity contribution < 1.29 is 23.1 Å². The van der Waals surface area contributed by atoms with Crippen molar-refractivity contribution in [2.24, 2.45) is 0 Å². The summed E-state index contributed by atoms with van der Waals surface area (Å²) in [7, 11) is 3.14.